The quantitative estimate of drug-likeness (QED) is 0.630. The molecule has 0 aliphatic rings. The molecule has 0 radical (unpaired) electrons. The largest absolute Gasteiger partial charge is 0.465 e. The van der Waals surface area contributed by atoms with Crippen molar-refractivity contribution in [2.24, 2.45) is 0 Å². The maximum absolute atomic E-state index is 12.5. The molecule has 1 heterocycles. The predicted molar refractivity (Wildman–Crippen MR) is 60.3 cm³/mol. The van der Waals surface area contributed by atoms with Crippen molar-refractivity contribution in [2.45, 2.75) is 6.18 Å². The number of carbonyl (C=O) groups excluding carboxylic acids is 1. The minimum atomic E-state index is -4.57. The van der Waals surface area contributed by atoms with E-state index in [1.54, 1.807) is 0 Å². The summed E-state index contributed by atoms with van der Waals surface area (Å²) in [5, 5.41) is 0. The van der Waals surface area contributed by atoms with Crippen molar-refractivity contribution in [1.82, 2.24) is 4.98 Å². The monoisotopic (exact) mass is 279 g/mol. The molecule has 0 aromatic carbocycles. The number of halogens is 4. The zero-order valence-corrected chi connectivity index (χ0v) is 10.0. The Morgan fingerprint density at radius 3 is 2.67 bits per heavy atom. The van der Waals surface area contributed by atoms with Crippen LogP contribution in [0, 0.1) is 0 Å². The van der Waals surface area contributed by atoms with Crippen LogP contribution in [0.1, 0.15) is 21.7 Å². The molecule has 0 unspecified atom stereocenters. The van der Waals surface area contributed by atoms with Crippen molar-refractivity contribution in [2.75, 3.05) is 13.0 Å². The Morgan fingerprint density at radius 1 is 1.50 bits per heavy atom. The molecule has 7 heteroatoms. The second kappa shape index (κ2) is 5.86. The van der Waals surface area contributed by atoms with E-state index in [0.717, 1.165) is 19.2 Å². The molecule has 1 rings (SSSR count). The zero-order chi connectivity index (χ0) is 13.8. The average molecular weight is 280 g/mol. The van der Waals surface area contributed by atoms with E-state index in [2.05, 4.69) is 9.72 Å². The number of rotatable bonds is 3. The fourth-order valence-corrected chi connectivity index (χ4v) is 1.29. The lowest BCUT2D eigenvalue weighted by Gasteiger charge is -2.09. The van der Waals surface area contributed by atoms with E-state index in [9.17, 15) is 18.0 Å². The van der Waals surface area contributed by atoms with Crippen molar-refractivity contribution in [3.05, 3.63) is 35.2 Å². The van der Waals surface area contributed by atoms with Crippen LogP contribution in [0.25, 0.3) is 6.08 Å². The first-order valence-corrected chi connectivity index (χ1v) is 5.32. The topological polar surface area (TPSA) is 39.2 Å². The summed E-state index contributed by atoms with van der Waals surface area (Å²) in [7, 11) is 1.13. The van der Waals surface area contributed by atoms with Gasteiger partial charge in [0.1, 0.15) is 5.69 Å². The minimum Gasteiger partial charge on any atom is -0.465 e. The van der Waals surface area contributed by atoms with Gasteiger partial charge in [0.05, 0.1) is 18.4 Å². The van der Waals surface area contributed by atoms with Gasteiger partial charge in [-0.15, -0.1) is 11.6 Å². The van der Waals surface area contributed by atoms with Gasteiger partial charge < -0.3 is 4.74 Å². The average Bonchev–Trinajstić information content (AvgIpc) is 2.34. The van der Waals surface area contributed by atoms with Crippen molar-refractivity contribution in [3.63, 3.8) is 0 Å². The third-order valence-electron chi connectivity index (χ3n) is 1.99. The van der Waals surface area contributed by atoms with Gasteiger partial charge >= 0.3 is 12.1 Å². The van der Waals surface area contributed by atoms with Crippen LogP contribution in [0.4, 0.5) is 13.2 Å². The van der Waals surface area contributed by atoms with Gasteiger partial charge in [-0.3, -0.25) is 0 Å². The van der Waals surface area contributed by atoms with Gasteiger partial charge in [-0.25, -0.2) is 9.78 Å². The van der Waals surface area contributed by atoms with E-state index >= 15 is 0 Å². The molecule has 0 N–H and O–H groups in total. The number of aromatic nitrogens is 1. The van der Waals surface area contributed by atoms with Crippen LogP contribution < -0.4 is 0 Å². The number of hydrogen-bond donors (Lipinski definition) is 0. The number of ether oxygens (including phenoxy) is 1. The van der Waals surface area contributed by atoms with Gasteiger partial charge in [0.15, 0.2) is 0 Å². The van der Waals surface area contributed by atoms with Gasteiger partial charge in [-0.2, -0.15) is 13.2 Å². The highest BCUT2D eigenvalue weighted by molar-refractivity contribution is 6.19. The van der Waals surface area contributed by atoms with Gasteiger partial charge in [0.25, 0.3) is 0 Å². The summed E-state index contributed by atoms with van der Waals surface area (Å²) in [6, 6.07) is 1.75. The molecule has 0 aliphatic carbocycles. The lowest BCUT2D eigenvalue weighted by atomic mass is 10.1. The number of hydrogen-bond acceptors (Lipinski definition) is 3. The molecule has 3 nitrogen and oxygen atoms in total. The lowest BCUT2D eigenvalue weighted by Crippen LogP contribution is -2.12. The predicted octanol–water partition coefficient (Wildman–Crippen LogP) is 3.14. The summed E-state index contributed by atoms with van der Waals surface area (Å²) >= 11 is 5.39. The summed E-state index contributed by atoms with van der Waals surface area (Å²) < 4.78 is 41.9. The summed E-state index contributed by atoms with van der Waals surface area (Å²) in [6.45, 7) is 0. The number of esters is 1. The molecule has 0 atom stereocenters. The van der Waals surface area contributed by atoms with Crippen molar-refractivity contribution in [1.29, 1.82) is 0 Å². The Labute approximate surface area is 106 Å². The highest BCUT2D eigenvalue weighted by Crippen LogP contribution is 2.28. The van der Waals surface area contributed by atoms with E-state index in [4.69, 9.17) is 11.6 Å². The molecule has 1 aromatic rings. The first-order chi connectivity index (χ1) is 8.40. The van der Waals surface area contributed by atoms with Gasteiger partial charge in [-0.05, 0) is 18.2 Å². The van der Waals surface area contributed by atoms with E-state index in [-0.39, 0.29) is 17.1 Å². The second-order valence-corrected chi connectivity index (χ2v) is 3.48. The van der Waals surface area contributed by atoms with Crippen LogP contribution in [-0.2, 0) is 10.9 Å². The molecule has 0 amide bonds. The molecule has 1 aromatic heterocycles. The Balaban J connectivity index is 3.29. The molecular weight excluding hydrogens is 271 g/mol. The molecule has 0 spiro atoms. The number of methoxy groups -OCH3 is 1. The SMILES string of the molecule is COC(=O)c1ccc(C(F)(F)F)nc1C=CCCl. The summed E-state index contributed by atoms with van der Waals surface area (Å²) in [6.07, 6.45) is -1.94. The van der Waals surface area contributed by atoms with Crippen molar-refractivity contribution in [3.8, 4) is 0 Å². The fraction of sp³-hybridized carbons (Fsp3) is 0.273. The highest BCUT2D eigenvalue weighted by Gasteiger charge is 2.33. The molecule has 18 heavy (non-hydrogen) atoms. The lowest BCUT2D eigenvalue weighted by molar-refractivity contribution is -0.141. The van der Waals surface area contributed by atoms with E-state index in [1.807, 2.05) is 0 Å². The standard InChI is InChI=1S/C11H9ClF3NO2/c1-18-10(17)7-4-5-9(11(13,14)15)16-8(7)3-2-6-12/h2-5H,6H2,1H3. The van der Waals surface area contributed by atoms with Gasteiger partial charge in [-0.1, -0.05) is 6.08 Å². The normalized spacial score (nSPS) is 11.8. The zero-order valence-electron chi connectivity index (χ0n) is 9.29. The molecular formula is C11H9ClF3NO2. The molecule has 0 bridgehead atoms. The molecule has 0 saturated carbocycles. The van der Waals surface area contributed by atoms with Crippen LogP contribution in [0.15, 0.2) is 18.2 Å². The number of alkyl halides is 4. The van der Waals surface area contributed by atoms with Crippen molar-refractivity contribution < 1.29 is 22.7 Å². The van der Waals surface area contributed by atoms with Gasteiger partial charge in [0.2, 0.25) is 0 Å². The molecule has 0 aliphatic heterocycles. The third-order valence-corrected chi connectivity index (χ3v) is 2.16. The van der Waals surface area contributed by atoms with E-state index < -0.39 is 17.8 Å². The first kappa shape index (κ1) is 14.5. The number of nitrogens with zero attached hydrogens (tertiary/aromatic N) is 1. The second-order valence-electron chi connectivity index (χ2n) is 3.18. The molecule has 0 saturated heterocycles. The summed E-state index contributed by atoms with van der Waals surface area (Å²) in [5.41, 5.74) is -1.26. The maximum atomic E-state index is 12.5. The van der Waals surface area contributed by atoms with Crippen LogP contribution >= 0.6 is 11.6 Å². The fourth-order valence-electron chi connectivity index (χ4n) is 1.20. The Hall–Kier alpha value is -1.56. The van der Waals surface area contributed by atoms with Crippen LogP contribution in [-0.4, -0.2) is 23.9 Å². The number of allylic oxidation sites excluding steroid dienone is 1. The van der Waals surface area contributed by atoms with Gasteiger partial charge in [0, 0.05) is 5.88 Å². The van der Waals surface area contributed by atoms with Crippen LogP contribution in [0.3, 0.4) is 0 Å². The Kier molecular flexibility index (Phi) is 4.72. The molecule has 98 valence electrons. The van der Waals surface area contributed by atoms with E-state index in [0.29, 0.717) is 0 Å². The Bertz CT molecular complexity index is 472. The highest BCUT2D eigenvalue weighted by atomic mass is 35.5. The molecule has 0 fully saturated rings. The van der Waals surface area contributed by atoms with Crippen LogP contribution in [0.2, 0.25) is 0 Å². The Morgan fingerprint density at radius 2 is 2.17 bits per heavy atom. The third kappa shape index (κ3) is 3.46. The van der Waals surface area contributed by atoms with Crippen molar-refractivity contribution >= 4 is 23.6 Å². The van der Waals surface area contributed by atoms with E-state index in [1.165, 1.54) is 12.2 Å². The maximum Gasteiger partial charge on any atom is 0.433 e. The number of carbonyl (C=O) groups is 1. The smallest absolute Gasteiger partial charge is 0.433 e. The number of pyridine rings is 1. The minimum absolute atomic E-state index is 0.0492. The first-order valence-electron chi connectivity index (χ1n) is 4.79. The summed E-state index contributed by atoms with van der Waals surface area (Å²) in [5.74, 6) is -0.663. The summed E-state index contributed by atoms with van der Waals surface area (Å²) in [4.78, 5) is 14.7. The van der Waals surface area contributed by atoms with Crippen LogP contribution in [0.5, 0.6) is 0 Å².